The second-order valence-corrected chi connectivity index (χ2v) is 6.49. The summed E-state index contributed by atoms with van der Waals surface area (Å²) in [4.78, 5) is 0. The fourth-order valence-corrected chi connectivity index (χ4v) is 3.84. The number of fused-ring (bicyclic) bond motifs is 2. The minimum Gasteiger partial charge on any atom is -0.0720 e. The Bertz CT molecular complexity index is 874. The molecule has 0 aliphatic heterocycles. The van der Waals surface area contributed by atoms with Crippen molar-refractivity contribution in [2.75, 3.05) is 0 Å². The third kappa shape index (κ3) is 2.04. The van der Waals surface area contributed by atoms with Crippen molar-refractivity contribution >= 4 is 32.8 Å². The molecular weight excluding hydrogens is 320 g/mol. The van der Waals surface area contributed by atoms with Crippen molar-refractivity contribution in [2.45, 2.75) is 12.8 Å². The molecule has 0 fully saturated rings. The largest absolute Gasteiger partial charge is 0.0720 e. The topological polar surface area (TPSA) is 0 Å². The number of rotatable bonds is 1. The van der Waals surface area contributed by atoms with Crippen LogP contribution >= 0.6 is 15.9 Å². The molecular formula is C20H15Br. The van der Waals surface area contributed by atoms with E-state index < -0.39 is 0 Å². The third-order valence-electron chi connectivity index (χ3n) is 4.35. The van der Waals surface area contributed by atoms with Gasteiger partial charge >= 0.3 is 0 Å². The van der Waals surface area contributed by atoms with Gasteiger partial charge in [-0.25, -0.2) is 0 Å². The highest BCUT2D eigenvalue weighted by Crippen LogP contribution is 2.40. The molecule has 1 atom stereocenters. The molecule has 0 radical (unpaired) electrons. The molecule has 1 heteroatoms. The summed E-state index contributed by atoms with van der Waals surface area (Å²) in [6, 6.07) is 19.7. The second kappa shape index (κ2) is 4.85. The highest BCUT2D eigenvalue weighted by atomic mass is 79.9. The summed E-state index contributed by atoms with van der Waals surface area (Å²) in [6.07, 6.45) is 4.53. The molecule has 0 bridgehead atoms. The summed E-state index contributed by atoms with van der Waals surface area (Å²) in [5, 5.41) is 2.63. The average Bonchev–Trinajstić information content (AvgIpc) is 2.91. The van der Waals surface area contributed by atoms with Crippen LogP contribution in [-0.4, -0.2) is 0 Å². The maximum atomic E-state index is 3.77. The maximum absolute atomic E-state index is 3.77. The van der Waals surface area contributed by atoms with Gasteiger partial charge in [0.15, 0.2) is 0 Å². The summed E-state index contributed by atoms with van der Waals surface area (Å²) < 4.78 is 1.19. The average molecular weight is 335 g/mol. The van der Waals surface area contributed by atoms with Gasteiger partial charge in [-0.2, -0.15) is 0 Å². The predicted octanol–water partition coefficient (Wildman–Crippen LogP) is 6.07. The molecule has 1 aliphatic carbocycles. The number of aryl methyl sites for hydroxylation is 1. The van der Waals surface area contributed by atoms with Crippen LogP contribution in [0.2, 0.25) is 0 Å². The van der Waals surface area contributed by atoms with E-state index in [1.54, 1.807) is 0 Å². The van der Waals surface area contributed by atoms with Crippen molar-refractivity contribution < 1.29 is 0 Å². The zero-order valence-corrected chi connectivity index (χ0v) is 13.4. The lowest BCUT2D eigenvalue weighted by molar-refractivity contribution is 1.04. The molecule has 3 aromatic carbocycles. The molecule has 0 saturated carbocycles. The number of halogens is 1. The van der Waals surface area contributed by atoms with Gasteiger partial charge in [0, 0.05) is 10.4 Å². The van der Waals surface area contributed by atoms with Crippen LogP contribution in [0.4, 0.5) is 0 Å². The number of allylic oxidation sites excluding steroid dienone is 1. The van der Waals surface area contributed by atoms with Gasteiger partial charge < -0.3 is 0 Å². The molecule has 4 rings (SSSR count). The fourth-order valence-electron chi connectivity index (χ4n) is 3.23. The molecule has 0 N–H and O–H groups in total. The highest BCUT2D eigenvalue weighted by Gasteiger charge is 2.21. The fraction of sp³-hybridized carbons (Fsp3) is 0.100. The Morgan fingerprint density at radius 1 is 0.905 bits per heavy atom. The standard InChI is InChI=1S/C20H15Br/c1-13-5-4-7-15-11-20(21)19(12-18(13)15)17-10-9-14-6-2-3-8-16(14)17/h2-12,17H,1H3. The lowest BCUT2D eigenvalue weighted by Gasteiger charge is -2.15. The zero-order valence-electron chi connectivity index (χ0n) is 11.8. The van der Waals surface area contributed by atoms with Crippen molar-refractivity contribution in [3.63, 3.8) is 0 Å². The Labute approximate surface area is 133 Å². The van der Waals surface area contributed by atoms with Crippen molar-refractivity contribution in [1.82, 2.24) is 0 Å². The zero-order chi connectivity index (χ0) is 14.4. The van der Waals surface area contributed by atoms with Crippen LogP contribution in [0.3, 0.4) is 0 Å². The Balaban J connectivity index is 1.94. The van der Waals surface area contributed by atoms with Gasteiger partial charge in [0.1, 0.15) is 0 Å². The van der Waals surface area contributed by atoms with E-state index in [0.29, 0.717) is 5.92 Å². The molecule has 0 spiro atoms. The van der Waals surface area contributed by atoms with Gasteiger partial charge in [-0.1, -0.05) is 70.5 Å². The molecule has 21 heavy (non-hydrogen) atoms. The van der Waals surface area contributed by atoms with Crippen LogP contribution in [0.25, 0.3) is 16.8 Å². The summed E-state index contributed by atoms with van der Waals surface area (Å²) in [5.74, 6) is 0.347. The minimum atomic E-state index is 0.347. The third-order valence-corrected chi connectivity index (χ3v) is 5.04. The number of hydrogen-bond acceptors (Lipinski definition) is 0. The molecule has 1 unspecified atom stereocenters. The van der Waals surface area contributed by atoms with Crippen LogP contribution in [0.5, 0.6) is 0 Å². The van der Waals surface area contributed by atoms with E-state index in [4.69, 9.17) is 0 Å². The Kier molecular flexibility index (Phi) is 2.97. The van der Waals surface area contributed by atoms with E-state index in [1.165, 1.54) is 37.5 Å². The predicted molar refractivity (Wildman–Crippen MR) is 93.7 cm³/mol. The van der Waals surface area contributed by atoms with E-state index >= 15 is 0 Å². The highest BCUT2D eigenvalue weighted by molar-refractivity contribution is 9.10. The second-order valence-electron chi connectivity index (χ2n) is 5.64. The van der Waals surface area contributed by atoms with Crippen LogP contribution in [0.1, 0.15) is 28.2 Å². The quantitative estimate of drug-likeness (QED) is 0.506. The maximum Gasteiger partial charge on any atom is 0.0290 e. The molecule has 1 aliphatic rings. The van der Waals surface area contributed by atoms with Gasteiger partial charge in [0.2, 0.25) is 0 Å². The molecule has 102 valence electrons. The number of benzene rings is 3. The Hall–Kier alpha value is -1.86. The smallest absolute Gasteiger partial charge is 0.0290 e. The summed E-state index contributed by atoms with van der Waals surface area (Å²) in [6.45, 7) is 2.18. The van der Waals surface area contributed by atoms with Crippen LogP contribution in [0, 0.1) is 6.92 Å². The van der Waals surface area contributed by atoms with Crippen LogP contribution in [0.15, 0.2) is 65.1 Å². The molecule has 0 aromatic heterocycles. The van der Waals surface area contributed by atoms with Gasteiger partial charge in [0.05, 0.1) is 0 Å². The van der Waals surface area contributed by atoms with Gasteiger partial charge in [0.25, 0.3) is 0 Å². The summed E-state index contributed by atoms with van der Waals surface area (Å²) in [5.41, 5.74) is 5.40. The normalized spacial score (nSPS) is 16.4. The molecule has 0 saturated heterocycles. The number of hydrogen-bond donors (Lipinski definition) is 0. The van der Waals surface area contributed by atoms with Crippen molar-refractivity contribution in [3.05, 3.63) is 87.4 Å². The van der Waals surface area contributed by atoms with E-state index in [-0.39, 0.29) is 0 Å². The first-order valence-electron chi connectivity index (χ1n) is 7.20. The lowest BCUT2D eigenvalue weighted by Crippen LogP contribution is -1.97. The lowest BCUT2D eigenvalue weighted by atomic mass is 9.91. The SMILES string of the molecule is Cc1cccc2cc(Br)c(C3C=Cc4ccccc43)cc12. The summed E-state index contributed by atoms with van der Waals surface area (Å²) >= 11 is 3.77. The minimum absolute atomic E-state index is 0.347. The molecule has 0 heterocycles. The molecule has 0 amide bonds. The van der Waals surface area contributed by atoms with Crippen molar-refractivity contribution in [2.24, 2.45) is 0 Å². The van der Waals surface area contributed by atoms with E-state index in [0.717, 1.165) is 0 Å². The van der Waals surface area contributed by atoms with E-state index in [2.05, 4.69) is 89.6 Å². The van der Waals surface area contributed by atoms with Crippen LogP contribution < -0.4 is 0 Å². The van der Waals surface area contributed by atoms with Crippen LogP contribution in [-0.2, 0) is 0 Å². The molecule has 3 aromatic rings. The first-order valence-corrected chi connectivity index (χ1v) is 7.99. The monoisotopic (exact) mass is 334 g/mol. The van der Waals surface area contributed by atoms with Crippen molar-refractivity contribution in [3.8, 4) is 0 Å². The Morgan fingerprint density at radius 3 is 2.67 bits per heavy atom. The summed E-state index contributed by atoms with van der Waals surface area (Å²) in [7, 11) is 0. The van der Waals surface area contributed by atoms with E-state index in [1.807, 2.05) is 0 Å². The Morgan fingerprint density at radius 2 is 1.76 bits per heavy atom. The first-order chi connectivity index (χ1) is 10.2. The van der Waals surface area contributed by atoms with E-state index in [9.17, 15) is 0 Å². The first kappa shape index (κ1) is 12.8. The molecule has 0 nitrogen and oxygen atoms in total. The van der Waals surface area contributed by atoms with Crippen molar-refractivity contribution in [1.29, 1.82) is 0 Å². The van der Waals surface area contributed by atoms with Gasteiger partial charge in [-0.3, -0.25) is 0 Å². The van der Waals surface area contributed by atoms with Gasteiger partial charge in [-0.15, -0.1) is 0 Å². The van der Waals surface area contributed by atoms with Gasteiger partial charge in [-0.05, 0) is 52.1 Å².